The van der Waals surface area contributed by atoms with Crippen LogP contribution in [-0.4, -0.2) is 65.8 Å². The smallest absolute Gasteiger partial charge is 0.326 e. The second-order valence-corrected chi connectivity index (χ2v) is 6.12. The van der Waals surface area contributed by atoms with Gasteiger partial charge in [0.1, 0.15) is 6.04 Å². The van der Waals surface area contributed by atoms with E-state index in [2.05, 4.69) is 13.8 Å². The lowest BCUT2D eigenvalue weighted by molar-refractivity contribution is -0.141. The van der Waals surface area contributed by atoms with Crippen molar-refractivity contribution in [1.82, 2.24) is 9.80 Å². The summed E-state index contributed by atoms with van der Waals surface area (Å²) < 4.78 is 5.22. The van der Waals surface area contributed by atoms with Crippen molar-refractivity contribution in [1.29, 1.82) is 0 Å². The van der Waals surface area contributed by atoms with E-state index in [1.165, 1.54) is 4.90 Å². The average molecular weight is 284 g/mol. The number of rotatable bonds is 3. The Labute approximate surface area is 119 Å². The number of nitrogens with zero attached hydrogens (tertiary/aromatic N) is 2. The van der Waals surface area contributed by atoms with Gasteiger partial charge in [-0.15, -0.1) is 0 Å². The monoisotopic (exact) mass is 284 g/mol. The SMILES string of the molecule is COC1CC(C(=O)O)N(C(=O)N2CCC(C(C)C)C2)C1. The molecule has 2 aliphatic rings. The molecule has 0 spiro atoms. The van der Waals surface area contributed by atoms with Gasteiger partial charge in [0.25, 0.3) is 0 Å². The summed E-state index contributed by atoms with van der Waals surface area (Å²) >= 11 is 0. The Kier molecular flexibility index (Phi) is 4.52. The fraction of sp³-hybridized carbons (Fsp3) is 0.857. The largest absolute Gasteiger partial charge is 0.480 e. The highest BCUT2D eigenvalue weighted by molar-refractivity contribution is 5.83. The first kappa shape index (κ1) is 15.1. The highest BCUT2D eigenvalue weighted by Crippen LogP contribution is 2.27. The minimum atomic E-state index is -0.947. The van der Waals surface area contributed by atoms with E-state index in [1.54, 1.807) is 12.0 Å². The number of likely N-dealkylation sites (tertiary alicyclic amines) is 2. The highest BCUT2D eigenvalue weighted by Gasteiger charge is 2.42. The first-order chi connectivity index (χ1) is 9.43. The molecule has 1 N–H and O–H groups in total. The van der Waals surface area contributed by atoms with Crippen molar-refractivity contribution in [3.8, 4) is 0 Å². The number of carbonyl (C=O) groups excluding carboxylic acids is 1. The van der Waals surface area contributed by atoms with E-state index < -0.39 is 12.0 Å². The molecule has 2 aliphatic heterocycles. The normalized spacial score (nSPS) is 30.3. The van der Waals surface area contributed by atoms with Gasteiger partial charge in [-0.3, -0.25) is 0 Å². The van der Waals surface area contributed by atoms with Crippen molar-refractivity contribution < 1.29 is 19.4 Å². The third-order valence-corrected chi connectivity index (χ3v) is 4.56. The van der Waals surface area contributed by atoms with Gasteiger partial charge < -0.3 is 19.6 Å². The summed E-state index contributed by atoms with van der Waals surface area (Å²) in [4.78, 5) is 27.1. The van der Waals surface area contributed by atoms with Crippen molar-refractivity contribution in [2.75, 3.05) is 26.7 Å². The van der Waals surface area contributed by atoms with Crippen LogP contribution >= 0.6 is 0 Å². The van der Waals surface area contributed by atoms with Crippen molar-refractivity contribution >= 4 is 12.0 Å². The molecule has 0 saturated carbocycles. The van der Waals surface area contributed by atoms with Crippen LogP contribution in [0.3, 0.4) is 0 Å². The fourth-order valence-corrected chi connectivity index (χ4v) is 3.10. The molecule has 0 bridgehead atoms. The lowest BCUT2D eigenvalue weighted by atomic mass is 9.95. The van der Waals surface area contributed by atoms with Crippen LogP contribution in [0.15, 0.2) is 0 Å². The molecule has 20 heavy (non-hydrogen) atoms. The number of carboxylic acids is 1. The van der Waals surface area contributed by atoms with Gasteiger partial charge in [-0.05, 0) is 18.3 Å². The maximum absolute atomic E-state index is 12.5. The second-order valence-electron chi connectivity index (χ2n) is 6.12. The molecule has 3 atom stereocenters. The Morgan fingerprint density at radius 1 is 1.30 bits per heavy atom. The van der Waals surface area contributed by atoms with Crippen LogP contribution < -0.4 is 0 Å². The van der Waals surface area contributed by atoms with Crippen LogP contribution in [0.2, 0.25) is 0 Å². The quantitative estimate of drug-likeness (QED) is 0.847. The number of amides is 2. The van der Waals surface area contributed by atoms with Crippen LogP contribution in [-0.2, 0) is 9.53 Å². The summed E-state index contributed by atoms with van der Waals surface area (Å²) in [6.45, 7) is 6.15. The predicted molar refractivity (Wildman–Crippen MR) is 73.5 cm³/mol. The first-order valence-electron chi connectivity index (χ1n) is 7.25. The maximum Gasteiger partial charge on any atom is 0.326 e. The standard InChI is InChI=1S/C14H24N2O4/c1-9(2)10-4-5-15(7-10)14(19)16-8-11(20-3)6-12(16)13(17)18/h9-12H,4-8H2,1-3H3,(H,17,18). The van der Waals surface area contributed by atoms with E-state index in [0.29, 0.717) is 24.8 Å². The van der Waals surface area contributed by atoms with Gasteiger partial charge in [-0.2, -0.15) is 0 Å². The number of hydrogen-bond acceptors (Lipinski definition) is 3. The molecule has 6 heteroatoms. The third-order valence-electron chi connectivity index (χ3n) is 4.56. The number of urea groups is 1. The minimum Gasteiger partial charge on any atom is -0.480 e. The maximum atomic E-state index is 12.5. The molecule has 0 aliphatic carbocycles. The van der Waals surface area contributed by atoms with E-state index >= 15 is 0 Å². The van der Waals surface area contributed by atoms with Crippen LogP contribution in [0.1, 0.15) is 26.7 Å². The molecule has 2 saturated heterocycles. The van der Waals surface area contributed by atoms with Gasteiger partial charge in [-0.25, -0.2) is 9.59 Å². The van der Waals surface area contributed by atoms with Crippen LogP contribution in [0.25, 0.3) is 0 Å². The van der Waals surface area contributed by atoms with E-state index in [0.717, 1.165) is 19.5 Å². The van der Waals surface area contributed by atoms with Crippen molar-refractivity contribution in [2.24, 2.45) is 11.8 Å². The Balaban J connectivity index is 2.02. The molecule has 2 heterocycles. The second kappa shape index (κ2) is 5.99. The molecular weight excluding hydrogens is 260 g/mol. The van der Waals surface area contributed by atoms with Gasteiger partial charge >= 0.3 is 12.0 Å². The number of aliphatic carboxylic acids is 1. The lowest BCUT2D eigenvalue weighted by Crippen LogP contribution is -2.47. The van der Waals surface area contributed by atoms with E-state index in [4.69, 9.17) is 4.74 Å². The van der Waals surface area contributed by atoms with Crippen molar-refractivity contribution in [2.45, 2.75) is 38.8 Å². The highest BCUT2D eigenvalue weighted by atomic mass is 16.5. The molecule has 0 radical (unpaired) electrons. The lowest BCUT2D eigenvalue weighted by Gasteiger charge is -2.27. The Morgan fingerprint density at radius 3 is 2.50 bits per heavy atom. The summed E-state index contributed by atoms with van der Waals surface area (Å²) in [5, 5.41) is 9.26. The van der Waals surface area contributed by atoms with E-state index in [1.807, 2.05) is 0 Å². The first-order valence-corrected chi connectivity index (χ1v) is 7.25. The fourth-order valence-electron chi connectivity index (χ4n) is 3.10. The van der Waals surface area contributed by atoms with Crippen LogP contribution in [0, 0.1) is 11.8 Å². The molecule has 0 aromatic carbocycles. The zero-order valence-electron chi connectivity index (χ0n) is 12.4. The summed E-state index contributed by atoms with van der Waals surface area (Å²) in [5.41, 5.74) is 0. The molecular formula is C14H24N2O4. The predicted octanol–water partition coefficient (Wildman–Crippen LogP) is 1.26. The molecule has 2 rings (SSSR count). The molecule has 0 aromatic heterocycles. The molecule has 2 amide bonds. The van der Waals surface area contributed by atoms with Gasteiger partial charge in [0.05, 0.1) is 6.10 Å². The number of methoxy groups -OCH3 is 1. The van der Waals surface area contributed by atoms with Gasteiger partial charge in [0.2, 0.25) is 0 Å². The van der Waals surface area contributed by atoms with Gasteiger partial charge in [-0.1, -0.05) is 13.8 Å². The molecule has 6 nitrogen and oxygen atoms in total. The zero-order valence-corrected chi connectivity index (χ0v) is 12.4. The number of ether oxygens (including phenoxy) is 1. The summed E-state index contributed by atoms with van der Waals surface area (Å²) in [6.07, 6.45) is 1.20. The van der Waals surface area contributed by atoms with Crippen molar-refractivity contribution in [3.63, 3.8) is 0 Å². The Hall–Kier alpha value is -1.30. The topological polar surface area (TPSA) is 70.1 Å². The molecule has 2 fully saturated rings. The number of carboxylic acid groups (broad SMARTS) is 1. The van der Waals surface area contributed by atoms with Gasteiger partial charge in [0, 0.05) is 33.2 Å². The number of hydrogen-bond donors (Lipinski definition) is 1. The molecule has 0 aromatic rings. The van der Waals surface area contributed by atoms with E-state index in [9.17, 15) is 14.7 Å². The van der Waals surface area contributed by atoms with Crippen molar-refractivity contribution in [3.05, 3.63) is 0 Å². The Morgan fingerprint density at radius 2 is 2.00 bits per heavy atom. The van der Waals surface area contributed by atoms with Crippen LogP contribution in [0.4, 0.5) is 4.79 Å². The minimum absolute atomic E-state index is 0.153. The summed E-state index contributed by atoms with van der Waals surface area (Å²) in [7, 11) is 1.56. The number of carbonyl (C=O) groups is 2. The van der Waals surface area contributed by atoms with Crippen LogP contribution in [0.5, 0.6) is 0 Å². The molecule has 114 valence electrons. The third kappa shape index (κ3) is 2.90. The van der Waals surface area contributed by atoms with E-state index in [-0.39, 0.29) is 12.1 Å². The Bertz CT molecular complexity index is 385. The summed E-state index contributed by atoms with van der Waals surface area (Å²) in [6, 6.07) is -0.911. The molecule has 3 unspecified atom stereocenters. The van der Waals surface area contributed by atoms with Gasteiger partial charge in [0.15, 0.2) is 0 Å². The summed E-state index contributed by atoms with van der Waals surface area (Å²) in [5.74, 6) is 0.119. The average Bonchev–Trinajstić information content (AvgIpc) is 3.04. The zero-order chi connectivity index (χ0) is 14.9.